The van der Waals surface area contributed by atoms with E-state index in [1.165, 1.54) is 42.2 Å². The first kappa shape index (κ1) is 16.3. The van der Waals surface area contributed by atoms with Crippen molar-refractivity contribution in [1.82, 2.24) is 0 Å². The Kier molecular flexibility index (Phi) is 4.58. The van der Waals surface area contributed by atoms with E-state index < -0.39 is 0 Å². The van der Waals surface area contributed by atoms with Gasteiger partial charge < -0.3 is 0 Å². The van der Waals surface area contributed by atoms with E-state index in [0.29, 0.717) is 0 Å². The van der Waals surface area contributed by atoms with Gasteiger partial charge >= 0.3 is 0 Å². The Hall–Kier alpha value is -2.13. The summed E-state index contributed by atoms with van der Waals surface area (Å²) in [6, 6.07) is 22.0. The average Bonchev–Trinajstić information content (AvgIpc) is 2.65. The lowest BCUT2D eigenvalue weighted by atomic mass is 9.91. The number of halogens is 1. The van der Waals surface area contributed by atoms with Crippen LogP contribution < -0.4 is 0 Å². The molecule has 0 bridgehead atoms. The molecule has 0 saturated carbocycles. The molecule has 122 valence electrons. The van der Waals surface area contributed by atoms with Gasteiger partial charge in [0.25, 0.3) is 0 Å². The Balaban J connectivity index is 1.69. The summed E-state index contributed by atoms with van der Waals surface area (Å²) >= 11 is 2.37. The second-order valence-electron chi connectivity index (χ2n) is 6.38. The predicted octanol–water partition coefficient (Wildman–Crippen LogP) is 7.04. The van der Waals surface area contributed by atoms with Gasteiger partial charge in [0.1, 0.15) is 0 Å². The topological polar surface area (TPSA) is 0 Å². The van der Waals surface area contributed by atoms with E-state index in [9.17, 15) is 0 Å². The maximum absolute atomic E-state index is 2.37. The first-order valence-electron chi connectivity index (χ1n) is 8.55. The summed E-state index contributed by atoms with van der Waals surface area (Å²) in [5, 5.41) is 2.59. The lowest BCUT2D eigenvalue weighted by Crippen LogP contribution is -1.97. The van der Waals surface area contributed by atoms with Crippen molar-refractivity contribution in [3.05, 3.63) is 105 Å². The average molecular weight is 434 g/mol. The van der Waals surface area contributed by atoms with E-state index in [-0.39, 0.29) is 0 Å². The third-order valence-corrected chi connectivity index (χ3v) is 5.39. The number of hydrogen-bond acceptors (Lipinski definition) is 0. The van der Waals surface area contributed by atoms with Crippen LogP contribution >= 0.6 is 22.6 Å². The molecule has 4 rings (SSSR count). The largest absolute Gasteiger partial charge is 0.0798 e. The molecule has 1 aliphatic carbocycles. The van der Waals surface area contributed by atoms with Crippen LogP contribution in [-0.4, -0.2) is 0 Å². The number of rotatable bonds is 2. The molecule has 0 heterocycles. The highest BCUT2D eigenvalue weighted by Gasteiger charge is 2.08. The first-order chi connectivity index (χ1) is 12.2. The SMILES string of the molecule is C/C=C(\C=C1\C=Cc2ccccc2C1)c1ccc2cc(I)ccc2c1. The molecule has 1 heteroatoms. The molecule has 0 radical (unpaired) electrons. The molecular weight excluding hydrogens is 415 g/mol. The molecule has 0 nitrogen and oxygen atoms in total. The number of fused-ring (bicyclic) bond motifs is 2. The van der Waals surface area contributed by atoms with Gasteiger partial charge in [-0.15, -0.1) is 0 Å². The van der Waals surface area contributed by atoms with E-state index in [1.54, 1.807) is 0 Å². The molecule has 0 fully saturated rings. The van der Waals surface area contributed by atoms with Crippen LogP contribution in [0.25, 0.3) is 22.4 Å². The lowest BCUT2D eigenvalue weighted by Gasteiger charge is -2.14. The molecule has 3 aromatic carbocycles. The fraction of sp³-hybridized carbons (Fsp3) is 0.0833. The van der Waals surface area contributed by atoms with Gasteiger partial charge in [0, 0.05) is 3.57 Å². The minimum absolute atomic E-state index is 0.996. The zero-order valence-corrected chi connectivity index (χ0v) is 16.3. The van der Waals surface area contributed by atoms with Gasteiger partial charge in [-0.3, -0.25) is 0 Å². The smallest absolute Gasteiger partial charge is 0.0136 e. The normalized spacial score (nSPS) is 15.6. The van der Waals surface area contributed by atoms with Crippen LogP contribution in [-0.2, 0) is 6.42 Å². The Bertz CT molecular complexity index is 1030. The van der Waals surface area contributed by atoms with Gasteiger partial charge in [-0.1, -0.05) is 66.8 Å². The van der Waals surface area contributed by atoms with Crippen molar-refractivity contribution in [2.24, 2.45) is 0 Å². The highest BCUT2D eigenvalue weighted by Crippen LogP contribution is 2.28. The van der Waals surface area contributed by atoms with E-state index in [1.807, 2.05) is 0 Å². The van der Waals surface area contributed by atoms with Crippen LogP contribution in [0.4, 0.5) is 0 Å². The van der Waals surface area contributed by atoms with Crippen molar-refractivity contribution in [1.29, 1.82) is 0 Å². The van der Waals surface area contributed by atoms with Gasteiger partial charge in [-0.25, -0.2) is 0 Å². The van der Waals surface area contributed by atoms with Crippen LogP contribution in [0.1, 0.15) is 23.6 Å². The minimum atomic E-state index is 0.996. The first-order valence-corrected chi connectivity index (χ1v) is 9.63. The fourth-order valence-corrected chi connectivity index (χ4v) is 3.88. The van der Waals surface area contributed by atoms with Crippen LogP contribution in [0.15, 0.2) is 84.5 Å². The third-order valence-electron chi connectivity index (χ3n) is 4.71. The number of hydrogen-bond donors (Lipinski definition) is 0. The van der Waals surface area contributed by atoms with Gasteiger partial charge in [0.15, 0.2) is 0 Å². The molecule has 0 spiro atoms. The summed E-state index contributed by atoms with van der Waals surface area (Å²) in [5.74, 6) is 0. The predicted molar refractivity (Wildman–Crippen MR) is 118 cm³/mol. The Labute approximate surface area is 162 Å². The number of allylic oxidation sites excluding steroid dienone is 5. The fourth-order valence-electron chi connectivity index (χ4n) is 3.36. The van der Waals surface area contributed by atoms with Crippen LogP contribution in [0.3, 0.4) is 0 Å². The molecule has 0 aliphatic heterocycles. The zero-order valence-electron chi connectivity index (χ0n) is 14.2. The lowest BCUT2D eigenvalue weighted by molar-refractivity contribution is 1.17. The summed E-state index contributed by atoms with van der Waals surface area (Å²) in [6.07, 6.45) is 9.99. The molecule has 0 aromatic heterocycles. The Morgan fingerprint density at radius 1 is 0.920 bits per heavy atom. The van der Waals surface area contributed by atoms with E-state index in [2.05, 4.69) is 114 Å². The van der Waals surface area contributed by atoms with E-state index in [0.717, 1.165) is 6.42 Å². The van der Waals surface area contributed by atoms with Gasteiger partial charge in [-0.2, -0.15) is 0 Å². The monoisotopic (exact) mass is 434 g/mol. The number of benzene rings is 3. The van der Waals surface area contributed by atoms with Gasteiger partial charge in [-0.05, 0) is 92.7 Å². The highest BCUT2D eigenvalue weighted by molar-refractivity contribution is 14.1. The highest BCUT2D eigenvalue weighted by atomic mass is 127. The molecule has 25 heavy (non-hydrogen) atoms. The molecule has 0 amide bonds. The minimum Gasteiger partial charge on any atom is -0.0798 e. The molecule has 0 N–H and O–H groups in total. The van der Waals surface area contributed by atoms with Crippen molar-refractivity contribution in [3.8, 4) is 0 Å². The zero-order chi connectivity index (χ0) is 17.2. The molecule has 0 atom stereocenters. The van der Waals surface area contributed by atoms with Crippen molar-refractivity contribution < 1.29 is 0 Å². The van der Waals surface area contributed by atoms with Crippen LogP contribution in [0.2, 0.25) is 0 Å². The van der Waals surface area contributed by atoms with Crippen molar-refractivity contribution >= 4 is 45.0 Å². The van der Waals surface area contributed by atoms with Crippen molar-refractivity contribution in [2.75, 3.05) is 0 Å². The maximum Gasteiger partial charge on any atom is 0.0136 e. The molecule has 0 unspecified atom stereocenters. The summed E-state index contributed by atoms with van der Waals surface area (Å²) in [5.41, 5.74) is 6.65. The standard InChI is InChI=1S/C24H19I/c1-2-18(13-17-7-8-19-5-3-4-6-20(19)14-17)21-9-10-23-16-24(25)12-11-22(23)15-21/h2-13,15-16H,14H2,1H3/b17-13-,18-2+. The van der Waals surface area contributed by atoms with E-state index in [4.69, 9.17) is 0 Å². The Morgan fingerprint density at radius 3 is 2.60 bits per heavy atom. The summed E-state index contributed by atoms with van der Waals surface area (Å²) in [4.78, 5) is 0. The van der Waals surface area contributed by atoms with Crippen molar-refractivity contribution in [2.45, 2.75) is 13.3 Å². The van der Waals surface area contributed by atoms with Crippen LogP contribution in [0, 0.1) is 3.57 Å². The Morgan fingerprint density at radius 2 is 1.72 bits per heavy atom. The second kappa shape index (κ2) is 7.01. The summed E-state index contributed by atoms with van der Waals surface area (Å²) < 4.78 is 1.28. The third kappa shape index (κ3) is 3.47. The molecular formula is C24H19I. The summed E-state index contributed by atoms with van der Waals surface area (Å²) in [7, 11) is 0. The molecule has 1 aliphatic rings. The van der Waals surface area contributed by atoms with Crippen molar-refractivity contribution in [3.63, 3.8) is 0 Å². The quantitative estimate of drug-likeness (QED) is 0.380. The van der Waals surface area contributed by atoms with Crippen LogP contribution in [0.5, 0.6) is 0 Å². The van der Waals surface area contributed by atoms with Gasteiger partial charge in [0.2, 0.25) is 0 Å². The maximum atomic E-state index is 2.37. The van der Waals surface area contributed by atoms with E-state index >= 15 is 0 Å². The summed E-state index contributed by atoms with van der Waals surface area (Å²) in [6.45, 7) is 2.12. The molecule has 0 saturated heterocycles. The second-order valence-corrected chi connectivity index (χ2v) is 7.62. The molecule has 3 aromatic rings. The van der Waals surface area contributed by atoms with Gasteiger partial charge in [0.05, 0.1) is 0 Å².